The smallest absolute Gasteiger partial charge is 0.475 e. The zero-order valence-corrected chi connectivity index (χ0v) is 20.2. The Balaban J connectivity index is 0.000000449. The summed E-state index contributed by atoms with van der Waals surface area (Å²) in [6.07, 6.45) is -7.38. The van der Waals surface area contributed by atoms with Crippen molar-refractivity contribution in [1.29, 1.82) is 0 Å². The van der Waals surface area contributed by atoms with E-state index in [1.165, 1.54) is 6.07 Å². The highest BCUT2D eigenvalue weighted by molar-refractivity contribution is 6.04. The summed E-state index contributed by atoms with van der Waals surface area (Å²) in [6.45, 7) is 2.36. The second kappa shape index (κ2) is 14.8. The molecule has 3 rings (SSSR count). The Labute approximate surface area is 217 Å². The third-order valence-electron chi connectivity index (χ3n) is 4.72. The number of benzene rings is 2. The zero-order valence-electron chi connectivity index (χ0n) is 20.2. The lowest BCUT2D eigenvalue weighted by molar-refractivity contribution is -0.193. The fourth-order valence-electron chi connectivity index (χ4n) is 2.90. The summed E-state index contributed by atoms with van der Waals surface area (Å²) in [5.74, 6) is -6.18. The van der Waals surface area contributed by atoms with Crippen molar-refractivity contribution in [3.05, 3.63) is 71.0 Å². The van der Waals surface area contributed by atoms with Gasteiger partial charge >= 0.3 is 24.3 Å². The van der Waals surface area contributed by atoms with Gasteiger partial charge in [-0.25, -0.2) is 14.0 Å². The predicted octanol–water partition coefficient (Wildman–Crippen LogP) is 4.44. The van der Waals surface area contributed by atoms with E-state index in [0.29, 0.717) is 16.8 Å². The van der Waals surface area contributed by atoms with E-state index in [0.717, 1.165) is 37.2 Å². The molecule has 0 radical (unpaired) electrons. The van der Waals surface area contributed by atoms with Crippen LogP contribution in [0.25, 0.3) is 5.57 Å². The molecule has 0 spiro atoms. The fourth-order valence-corrected chi connectivity index (χ4v) is 2.90. The van der Waals surface area contributed by atoms with E-state index < -0.39 is 24.3 Å². The molecule has 39 heavy (non-hydrogen) atoms. The molecule has 0 bridgehead atoms. The van der Waals surface area contributed by atoms with Crippen molar-refractivity contribution in [3.63, 3.8) is 0 Å². The lowest BCUT2D eigenvalue weighted by atomic mass is 9.98. The van der Waals surface area contributed by atoms with Crippen LogP contribution in [0.4, 0.5) is 36.4 Å². The van der Waals surface area contributed by atoms with Crippen molar-refractivity contribution in [2.24, 2.45) is 0 Å². The molecule has 0 saturated heterocycles. The van der Waals surface area contributed by atoms with E-state index in [9.17, 15) is 35.5 Å². The highest BCUT2D eigenvalue weighted by Gasteiger charge is 2.38. The summed E-state index contributed by atoms with van der Waals surface area (Å²) >= 11 is 0. The number of nitrogens with one attached hydrogen (secondary N) is 3. The fraction of sp³-hybridized carbons (Fsp3) is 0.292. The molecule has 0 saturated carbocycles. The van der Waals surface area contributed by atoms with Crippen molar-refractivity contribution in [2.45, 2.75) is 25.3 Å². The Kier molecular flexibility index (Phi) is 12.6. The van der Waals surface area contributed by atoms with Crippen LogP contribution >= 0.6 is 0 Å². The number of amides is 1. The van der Waals surface area contributed by atoms with Crippen LogP contribution in [0.5, 0.6) is 0 Å². The molecule has 0 aromatic heterocycles. The van der Waals surface area contributed by atoms with Crippen LogP contribution in [0, 0.1) is 5.82 Å². The van der Waals surface area contributed by atoms with E-state index >= 15 is 0 Å². The van der Waals surface area contributed by atoms with Crippen molar-refractivity contribution in [3.8, 4) is 0 Å². The molecule has 1 aliphatic heterocycles. The number of hydrogen-bond donors (Lipinski definition) is 5. The Morgan fingerprint density at radius 3 is 1.87 bits per heavy atom. The normalized spacial score (nSPS) is 13.1. The number of hydrogen-bond acceptors (Lipinski definition) is 5. The summed E-state index contributed by atoms with van der Waals surface area (Å²) in [6, 6.07) is 12.2. The predicted molar refractivity (Wildman–Crippen MR) is 126 cm³/mol. The maximum atomic E-state index is 14.4. The molecule has 2 aromatic carbocycles. The van der Waals surface area contributed by atoms with Gasteiger partial charge in [-0.15, -0.1) is 0 Å². The first-order valence-corrected chi connectivity index (χ1v) is 10.9. The summed E-state index contributed by atoms with van der Waals surface area (Å²) in [7, 11) is 1.88. The Hall–Kier alpha value is -3.98. The van der Waals surface area contributed by atoms with E-state index in [1.807, 2.05) is 37.4 Å². The minimum Gasteiger partial charge on any atom is -0.475 e. The van der Waals surface area contributed by atoms with Crippen LogP contribution in [0.2, 0.25) is 0 Å². The van der Waals surface area contributed by atoms with Gasteiger partial charge in [-0.1, -0.05) is 24.3 Å². The van der Waals surface area contributed by atoms with Gasteiger partial charge in [0.25, 0.3) is 5.91 Å². The molecule has 0 unspecified atom stereocenters. The zero-order chi connectivity index (χ0) is 29.8. The van der Waals surface area contributed by atoms with Crippen molar-refractivity contribution >= 4 is 29.1 Å². The van der Waals surface area contributed by atoms with Gasteiger partial charge in [-0.05, 0) is 55.4 Å². The molecule has 214 valence electrons. The van der Waals surface area contributed by atoms with Crippen molar-refractivity contribution in [1.82, 2.24) is 10.6 Å². The van der Waals surface area contributed by atoms with Gasteiger partial charge in [-0.3, -0.25) is 4.79 Å². The Morgan fingerprint density at radius 1 is 0.923 bits per heavy atom. The topological polar surface area (TPSA) is 128 Å². The summed E-state index contributed by atoms with van der Waals surface area (Å²) in [4.78, 5) is 30.1. The van der Waals surface area contributed by atoms with Crippen LogP contribution in [0.3, 0.4) is 0 Å². The molecule has 0 atom stereocenters. The number of rotatable bonds is 5. The molecule has 1 amide bonds. The molecule has 2 aromatic rings. The SMILES string of the molecule is CNCc1ccc(NC(=O)c2ccc(C3=CCNCC3)c(F)c2)cc1.O=C(O)C(F)(F)F.O=C(O)C(F)(F)F. The Morgan fingerprint density at radius 2 is 1.46 bits per heavy atom. The van der Waals surface area contributed by atoms with Crippen molar-refractivity contribution < 1.29 is 55.3 Å². The molecule has 5 N–H and O–H groups in total. The summed E-state index contributed by atoms with van der Waals surface area (Å²) in [5, 5.41) is 23.3. The van der Waals surface area contributed by atoms with Gasteiger partial charge in [0, 0.05) is 29.9 Å². The van der Waals surface area contributed by atoms with E-state index in [-0.39, 0.29) is 11.7 Å². The first-order chi connectivity index (χ1) is 18.1. The molecule has 15 heteroatoms. The highest BCUT2D eigenvalue weighted by atomic mass is 19.4. The van der Waals surface area contributed by atoms with Crippen LogP contribution in [0.15, 0.2) is 48.5 Å². The van der Waals surface area contributed by atoms with E-state index in [4.69, 9.17) is 19.8 Å². The molecule has 1 aliphatic rings. The van der Waals surface area contributed by atoms with Gasteiger partial charge in [0.1, 0.15) is 5.82 Å². The Bertz CT molecular complexity index is 1140. The van der Waals surface area contributed by atoms with Crippen LogP contribution in [0.1, 0.15) is 27.9 Å². The highest BCUT2D eigenvalue weighted by Crippen LogP contribution is 2.24. The van der Waals surface area contributed by atoms with E-state index in [2.05, 4.69) is 16.0 Å². The quantitative estimate of drug-likeness (QED) is 0.338. The lowest BCUT2D eigenvalue weighted by Gasteiger charge is -2.15. The number of aliphatic carboxylic acids is 2. The molecular formula is C24H24F7N3O5. The van der Waals surface area contributed by atoms with Gasteiger partial charge < -0.3 is 26.2 Å². The van der Waals surface area contributed by atoms with Crippen LogP contribution in [-0.4, -0.2) is 60.5 Å². The average Bonchev–Trinajstić information content (AvgIpc) is 2.85. The number of anilines is 1. The standard InChI is InChI=1S/C20H22FN3O.2C2HF3O2/c1-22-13-14-2-5-17(6-3-14)24-20(25)16-4-7-18(19(21)12-16)15-8-10-23-11-9-15;2*3-2(4,5)1(6)7/h2-8,12,22-23H,9-11,13H2,1H3,(H,24,25);2*(H,6,7). The maximum absolute atomic E-state index is 14.4. The van der Waals surface area contributed by atoms with E-state index in [1.54, 1.807) is 12.1 Å². The number of alkyl halides is 6. The molecule has 0 fully saturated rings. The van der Waals surface area contributed by atoms with Gasteiger partial charge in [0.2, 0.25) is 0 Å². The largest absolute Gasteiger partial charge is 0.490 e. The third kappa shape index (κ3) is 12.0. The average molecular weight is 567 g/mol. The number of carboxylic acid groups (broad SMARTS) is 2. The monoisotopic (exact) mass is 567 g/mol. The number of carboxylic acids is 2. The minimum absolute atomic E-state index is 0.314. The molecule has 1 heterocycles. The maximum Gasteiger partial charge on any atom is 0.490 e. The number of halogens is 7. The minimum atomic E-state index is -5.08. The second-order valence-electron chi connectivity index (χ2n) is 7.67. The lowest BCUT2D eigenvalue weighted by Crippen LogP contribution is -2.21. The molecule has 0 aliphatic carbocycles. The third-order valence-corrected chi connectivity index (χ3v) is 4.72. The summed E-state index contributed by atoms with van der Waals surface area (Å²) in [5.41, 5.74) is 3.70. The first-order valence-electron chi connectivity index (χ1n) is 10.9. The molecular weight excluding hydrogens is 543 g/mol. The number of carbonyl (C=O) groups excluding carboxylic acids is 1. The molecule has 8 nitrogen and oxygen atoms in total. The first kappa shape index (κ1) is 33.0. The second-order valence-corrected chi connectivity index (χ2v) is 7.67. The van der Waals surface area contributed by atoms with Gasteiger partial charge in [-0.2, -0.15) is 26.3 Å². The van der Waals surface area contributed by atoms with Crippen LogP contribution < -0.4 is 16.0 Å². The van der Waals surface area contributed by atoms with Gasteiger partial charge in [0.15, 0.2) is 0 Å². The van der Waals surface area contributed by atoms with Crippen molar-refractivity contribution in [2.75, 3.05) is 25.5 Å². The summed E-state index contributed by atoms with van der Waals surface area (Å²) < 4.78 is 77.9. The van der Waals surface area contributed by atoms with Gasteiger partial charge in [0.05, 0.1) is 0 Å². The van der Waals surface area contributed by atoms with Crippen LogP contribution in [-0.2, 0) is 16.1 Å². The number of carbonyl (C=O) groups is 3.